The maximum atomic E-state index is 13.3. The minimum absolute atomic E-state index is 0.0355. The van der Waals surface area contributed by atoms with Crippen LogP contribution in [0.1, 0.15) is 21.5 Å². The topological polar surface area (TPSA) is 148 Å². The number of benzene rings is 3. The van der Waals surface area contributed by atoms with Crippen LogP contribution < -0.4 is 19.7 Å². The van der Waals surface area contributed by atoms with Crippen LogP contribution in [0.5, 0.6) is 11.5 Å². The summed E-state index contributed by atoms with van der Waals surface area (Å²) < 4.78 is 11.7. The molecule has 39 heavy (non-hydrogen) atoms. The zero-order valence-corrected chi connectivity index (χ0v) is 22.4. The van der Waals surface area contributed by atoms with Crippen molar-refractivity contribution in [3.05, 3.63) is 97.5 Å². The van der Waals surface area contributed by atoms with E-state index in [4.69, 9.17) is 21.7 Å². The Bertz CT molecular complexity index is 1560. The molecule has 13 heteroatoms. The van der Waals surface area contributed by atoms with E-state index in [9.17, 15) is 29.6 Å². The number of nitrogens with one attached hydrogen (secondary N) is 1. The number of hydrogen-bond donors (Lipinski definition) is 2. The van der Waals surface area contributed by atoms with Crippen molar-refractivity contribution < 1.29 is 33.9 Å². The summed E-state index contributed by atoms with van der Waals surface area (Å²) in [5.41, 5.74) is 0.959. The molecule has 1 heterocycles. The van der Waals surface area contributed by atoms with Gasteiger partial charge in [-0.15, -0.1) is 0 Å². The van der Waals surface area contributed by atoms with Crippen molar-refractivity contribution in [2.24, 2.45) is 0 Å². The highest BCUT2D eigenvalue weighted by atomic mass is 79.9. The number of carbonyl (C=O) groups excluding carboxylic acids is 2. The molecule has 1 fully saturated rings. The molecule has 1 aliphatic heterocycles. The van der Waals surface area contributed by atoms with E-state index in [0.717, 1.165) is 4.90 Å². The number of aromatic carboxylic acids is 1. The molecule has 0 saturated carbocycles. The monoisotopic (exact) mass is 611 g/mol. The smallest absolute Gasteiger partial charge is 0.335 e. The fraction of sp³-hybridized carbons (Fsp3) is 0.0769. The van der Waals surface area contributed by atoms with E-state index in [1.807, 2.05) is 0 Å². The molecule has 2 amide bonds. The van der Waals surface area contributed by atoms with Crippen LogP contribution in [0.3, 0.4) is 0 Å². The van der Waals surface area contributed by atoms with Crippen LogP contribution in [0.15, 0.2) is 70.7 Å². The van der Waals surface area contributed by atoms with Gasteiger partial charge in [0.15, 0.2) is 16.6 Å². The Balaban J connectivity index is 1.62. The first kappa shape index (κ1) is 27.4. The number of nitro benzene ring substituents is 1. The number of carbonyl (C=O) groups is 3. The lowest BCUT2D eigenvalue weighted by Crippen LogP contribution is -2.54. The van der Waals surface area contributed by atoms with Crippen molar-refractivity contribution in [1.82, 2.24) is 5.32 Å². The van der Waals surface area contributed by atoms with Gasteiger partial charge < -0.3 is 14.6 Å². The highest BCUT2D eigenvalue weighted by Crippen LogP contribution is 2.36. The number of methoxy groups -OCH3 is 1. The van der Waals surface area contributed by atoms with Crippen molar-refractivity contribution in [3.63, 3.8) is 0 Å². The van der Waals surface area contributed by atoms with Crippen LogP contribution in [-0.2, 0) is 16.2 Å². The number of anilines is 1. The highest BCUT2D eigenvalue weighted by Gasteiger charge is 2.35. The third-order valence-electron chi connectivity index (χ3n) is 5.58. The molecule has 198 valence electrons. The Kier molecular flexibility index (Phi) is 8.02. The van der Waals surface area contributed by atoms with Crippen LogP contribution in [0, 0.1) is 10.1 Å². The van der Waals surface area contributed by atoms with Gasteiger partial charge in [0.2, 0.25) is 0 Å². The molecule has 2 N–H and O–H groups in total. The highest BCUT2D eigenvalue weighted by molar-refractivity contribution is 9.10. The molecule has 0 atom stereocenters. The average Bonchev–Trinajstić information content (AvgIpc) is 2.90. The third-order valence-corrected chi connectivity index (χ3v) is 6.55. The Morgan fingerprint density at radius 3 is 2.51 bits per heavy atom. The molecule has 1 saturated heterocycles. The van der Waals surface area contributed by atoms with Gasteiger partial charge in [-0.3, -0.25) is 29.9 Å². The number of amides is 2. The standard InChI is InChI=1S/C26H18BrN3O8S/c1-37-21-11-16(20(27)12-22(21)38-13-14-5-7-17(8-6-14)30(35)36)10-19-23(31)28-26(39)29(24(19)32)18-4-2-3-15(9-18)25(33)34/h2-12H,13H2,1H3,(H,33,34)(H,28,31,39). The van der Waals surface area contributed by atoms with Gasteiger partial charge in [0.25, 0.3) is 17.5 Å². The number of ether oxygens (including phenoxy) is 2. The summed E-state index contributed by atoms with van der Waals surface area (Å²) in [6.07, 6.45) is 1.35. The molecule has 0 spiro atoms. The normalized spacial score (nSPS) is 14.3. The third kappa shape index (κ3) is 5.94. The summed E-state index contributed by atoms with van der Waals surface area (Å²) in [6, 6.07) is 14.7. The van der Waals surface area contributed by atoms with Gasteiger partial charge in [0.1, 0.15) is 12.2 Å². The molecule has 0 unspecified atom stereocenters. The molecule has 0 radical (unpaired) electrons. The first-order valence-electron chi connectivity index (χ1n) is 11.1. The first-order chi connectivity index (χ1) is 18.6. The van der Waals surface area contributed by atoms with Gasteiger partial charge in [-0.2, -0.15) is 0 Å². The van der Waals surface area contributed by atoms with E-state index in [-0.39, 0.29) is 34.2 Å². The number of hydrogen-bond acceptors (Lipinski definition) is 8. The van der Waals surface area contributed by atoms with E-state index < -0.39 is 22.7 Å². The number of non-ortho nitro benzene ring substituents is 1. The zero-order chi connectivity index (χ0) is 28.3. The summed E-state index contributed by atoms with van der Waals surface area (Å²) >= 11 is 8.60. The molecule has 4 rings (SSSR count). The van der Waals surface area contributed by atoms with Gasteiger partial charge in [0, 0.05) is 16.6 Å². The van der Waals surface area contributed by atoms with Crippen LogP contribution in [0.25, 0.3) is 6.08 Å². The number of rotatable bonds is 8. The van der Waals surface area contributed by atoms with Gasteiger partial charge >= 0.3 is 5.97 Å². The van der Waals surface area contributed by atoms with E-state index in [1.54, 1.807) is 24.3 Å². The molecule has 0 bridgehead atoms. The van der Waals surface area contributed by atoms with Crippen molar-refractivity contribution in [2.75, 3.05) is 12.0 Å². The number of nitrogens with zero attached hydrogens (tertiary/aromatic N) is 2. The maximum absolute atomic E-state index is 13.3. The summed E-state index contributed by atoms with van der Waals surface area (Å²) in [5, 5.41) is 22.4. The van der Waals surface area contributed by atoms with Crippen molar-refractivity contribution in [2.45, 2.75) is 6.61 Å². The molecule has 11 nitrogen and oxygen atoms in total. The minimum atomic E-state index is -1.18. The van der Waals surface area contributed by atoms with E-state index in [1.165, 1.54) is 49.6 Å². The van der Waals surface area contributed by atoms with Gasteiger partial charge in [-0.1, -0.05) is 22.0 Å². The van der Waals surface area contributed by atoms with Crippen LogP contribution >= 0.6 is 28.1 Å². The second-order valence-electron chi connectivity index (χ2n) is 8.05. The fourth-order valence-electron chi connectivity index (χ4n) is 3.63. The predicted molar refractivity (Wildman–Crippen MR) is 148 cm³/mol. The molecule has 3 aromatic rings. The molecular weight excluding hydrogens is 594 g/mol. The second-order valence-corrected chi connectivity index (χ2v) is 9.29. The summed E-state index contributed by atoms with van der Waals surface area (Å²) in [7, 11) is 1.42. The number of halogens is 1. The fourth-order valence-corrected chi connectivity index (χ4v) is 4.35. The lowest BCUT2D eigenvalue weighted by Gasteiger charge is -2.29. The van der Waals surface area contributed by atoms with Gasteiger partial charge in [0.05, 0.1) is 23.3 Å². The molecule has 0 aromatic heterocycles. The Labute approximate surface area is 234 Å². The largest absolute Gasteiger partial charge is 0.493 e. The molecule has 1 aliphatic rings. The first-order valence-corrected chi connectivity index (χ1v) is 12.3. The van der Waals surface area contributed by atoms with E-state index >= 15 is 0 Å². The van der Waals surface area contributed by atoms with E-state index in [2.05, 4.69) is 21.2 Å². The number of carboxylic acid groups (broad SMARTS) is 1. The van der Waals surface area contributed by atoms with Crippen LogP contribution in [0.4, 0.5) is 11.4 Å². The SMILES string of the molecule is COc1cc(C=C2C(=O)NC(=S)N(c3cccc(C(=O)O)c3)C2=O)c(Br)cc1OCc1ccc([N+](=O)[O-])cc1. The molecule has 3 aromatic carbocycles. The minimum Gasteiger partial charge on any atom is -0.493 e. The predicted octanol–water partition coefficient (Wildman–Crippen LogP) is 4.47. The van der Waals surface area contributed by atoms with E-state index in [0.29, 0.717) is 27.1 Å². The van der Waals surface area contributed by atoms with Gasteiger partial charge in [-0.05, 0) is 71.9 Å². The average molecular weight is 612 g/mol. The van der Waals surface area contributed by atoms with Crippen LogP contribution in [0.2, 0.25) is 0 Å². The quantitative estimate of drug-likeness (QED) is 0.124. The lowest BCUT2D eigenvalue weighted by atomic mass is 10.1. The zero-order valence-electron chi connectivity index (χ0n) is 20.0. The summed E-state index contributed by atoms with van der Waals surface area (Å²) in [4.78, 5) is 48.8. The number of carboxylic acids is 1. The molecular formula is C26H18BrN3O8S. The van der Waals surface area contributed by atoms with Gasteiger partial charge in [-0.25, -0.2) is 4.79 Å². The maximum Gasteiger partial charge on any atom is 0.335 e. The Hall–Kier alpha value is -4.62. The van der Waals surface area contributed by atoms with Crippen LogP contribution in [-0.4, -0.2) is 40.0 Å². The Morgan fingerprint density at radius 1 is 1.15 bits per heavy atom. The van der Waals surface area contributed by atoms with Crippen molar-refractivity contribution >= 4 is 68.5 Å². The van der Waals surface area contributed by atoms with Crippen molar-refractivity contribution in [1.29, 1.82) is 0 Å². The summed E-state index contributed by atoms with van der Waals surface area (Å²) in [5.74, 6) is -2.00. The molecule has 0 aliphatic carbocycles. The summed E-state index contributed by atoms with van der Waals surface area (Å²) in [6.45, 7) is 0.101. The second kappa shape index (κ2) is 11.4. The Morgan fingerprint density at radius 2 is 1.87 bits per heavy atom. The number of thiocarbonyl (C=S) groups is 1. The lowest BCUT2D eigenvalue weighted by molar-refractivity contribution is -0.384. The van der Waals surface area contributed by atoms with Crippen molar-refractivity contribution in [3.8, 4) is 11.5 Å². The number of nitro groups is 1.